The van der Waals surface area contributed by atoms with Gasteiger partial charge in [0.2, 0.25) is 0 Å². The fraction of sp³-hybridized carbons (Fsp3) is 0.636. The van der Waals surface area contributed by atoms with E-state index in [0.717, 1.165) is 45.4 Å². The van der Waals surface area contributed by atoms with Crippen LogP contribution in [-0.4, -0.2) is 73.8 Å². The summed E-state index contributed by atoms with van der Waals surface area (Å²) in [5.41, 5.74) is 7.51. The van der Waals surface area contributed by atoms with Crippen molar-refractivity contribution in [3.05, 3.63) is 35.9 Å². The lowest BCUT2D eigenvalue weighted by Gasteiger charge is -2.31. The van der Waals surface area contributed by atoms with Crippen LogP contribution in [0.2, 0.25) is 0 Å². The van der Waals surface area contributed by atoms with Gasteiger partial charge in [0.05, 0.1) is 6.61 Å². The van der Waals surface area contributed by atoms with E-state index in [1.807, 2.05) is 6.92 Å². The molecule has 2 fully saturated rings. The molecule has 1 unspecified atom stereocenters. The van der Waals surface area contributed by atoms with Crippen molar-refractivity contribution in [2.24, 2.45) is 16.6 Å². The van der Waals surface area contributed by atoms with Crippen molar-refractivity contribution in [1.29, 1.82) is 0 Å². The molecule has 0 radical (unpaired) electrons. The van der Waals surface area contributed by atoms with E-state index in [4.69, 9.17) is 10.5 Å². The number of carbonyl (C=O) groups excluding carboxylic acids is 1. The van der Waals surface area contributed by atoms with Crippen LogP contribution in [-0.2, 0) is 11.2 Å². The molecule has 2 aliphatic rings. The number of carbonyl (C=O) groups is 1. The fourth-order valence-electron chi connectivity index (χ4n) is 4.10. The number of nitrogens with two attached hydrogens (primary N) is 1. The first-order chi connectivity index (χ1) is 14.1. The van der Waals surface area contributed by atoms with Crippen molar-refractivity contribution in [1.82, 2.24) is 15.1 Å². The second kappa shape index (κ2) is 13.0. The van der Waals surface area contributed by atoms with Crippen LogP contribution in [0.15, 0.2) is 35.3 Å². The molecule has 1 aromatic carbocycles. The average Bonchev–Trinajstić information content (AvgIpc) is 3.20. The Morgan fingerprint density at radius 2 is 1.93 bits per heavy atom. The topological polar surface area (TPSA) is 83.2 Å². The minimum absolute atomic E-state index is 0. The number of guanidine groups is 1. The number of piperidine rings is 1. The second-order valence-corrected chi connectivity index (χ2v) is 8.02. The quantitative estimate of drug-likeness (QED) is 0.323. The van der Waals surface area contributed by atoms with Crippen LogP contribution < -0.4 is 11.1 Å². The van der Waals surface area contributed by atoms with E-state index >= 15 is 0 Å². The Hall–Kier alpha value is -1.55. The molecule has 2 saturated heterocycles. The van der Waals surface area contributed by atoms with Crippen LogP contribution in [0, 0.1) is 5.92 Å². The van der Waals surface area contributed by atoms with Gasteiger partial charge in [-0.3, -0.25) is 4.99 Å². The lowest BCUT2D eigenvalue weighted by Crippen LogP contribution is -2.48. The summed E-state index contributed by atoms with van der Waals surface area (Å²) < 4.78 is 5.06. The molecule has 0 aromatic heterocycles. The summed E-state index contributed by atoms with van der Waals surface area (Å²) >= 11 is 0. The fourth-order valence-corrected chi connectivity index (χ4v) is 4.10. The molecule has 7 nitrogen and oxygen atoms in total. The molecule has 8 heteroatoms. The number of hydrogen-bond acceptors (Lipinski definition) is 4. The van der Waals surface area contributed by atoms with E-state index in [0.29, 0.717) is 31.6 Å². The zero-order chi connectivity index (χ0) is 20.5. The molecule has 2 heterocycles. The predicted octanol–water partition coefficient (Wildman–Crippen LogP) is 2.69. The minimum Gasteiger partial charge on any atom is -0.450 e. The van der Waals surface area contributed by atoms with Gasteiger partial charge in [-0.25, -0.2) is 4.79 Å². The number of aliphatic imine (C=N–C) groups is 1. The third kappa shape index (κ3) is 7.94. The van der Waals surface area contributed by atoms with E-state index in [9.17, 15) is 4.79 Å². The molecule has 0 aliphatic carbocycles. The third-order valence-electron chi connectivity index (χ3n) is 5.82. The van der Waals surface area contributed by atoms with Crippen molar-refractivity contribution in [2.45, 2.75) is 38.6 Å². The van der Waals surface area contributed by atoms with Gasteiger partial charge in [0, 0.05) is 38.8 Å². The summed E-state index contributed by atoms with van der Waals surface area (Å²) in [4.78, 5) is 20.6. The van der Waals surface area contributed by atoms with Crippen LogP contribution in [0.25, 0.3) is 0 Å². The molecule has 1 aromatic rings. The first-order valence-electron chi connectivity index (χ1n) is 10.9. The van der Waals surface area contributed by atoms with Crippen molar-refractivity contribution >= 4 is 36.0 Å². The lowest BCUT2D eigenvalue weighted by molar-refractivity contribution is 0.0963. The number of benzene rings is 1. The molecule has 168 valence electrons. The lowest BCUT2D eigenvalue weighted by atomic mass is 10.1. The second-order valence-electron chi connectivity index (χ2n) is 8.02. The maximum atomic E-state index is 11.8. The van der Waals surface area contributed by atoms with E-state index in [2.05, 4.69) is 45.5 Å². The Bertz CT molecular complexity index is 665. The normalized spacial score (nSPS) is 20.6. The largest absolute Gasteiger partial charge is 0.450 e. The van der Waals surface area contributed by atoms with Gasteiger partial charge in [0.1, 0.15) is 0 Å². The number of ether oxygens (including phenoxy) is 1. The molecule has 30 heavy (non-hydrogen) atoms. The highest BCUT2D eigenvalue weighted by Gasteiger charge is 2.24. The number of amides is 1. The Labute approximate surface area is 197 Å². The number of hydrogen-bond donors (Lipinski definition) is 2. The van der Waals surface area contributed by atoms with Gasteiger partial charge in [0.25, 0.3) is 0 Å². The van der Waals surface area contributed by atoms with E-state index in [-0.39, 0.29) is 36.1 Å². The number of nitrogens with zero attached hydrogens (tertiary/aromatic N) is 3. The SMILES string of the molecule is CCOC(=O)N1CCC(NC(N)=NCC2CCN(CCc3ccccc3)C2)CC1.I. The summed E-state index contributed by atoms with van der Waals surface area (Å²) in [7, 11) is 0. The van der Waals surface area contributed by atoms with Crippen LogP contribution in [0.1, 0.15) is 31.7 Å². The average molecular weight is 529 g/mol. The third-order valence-corrected chi connectivity index (χ3v) is 5.82. The van der Waals surface area contributed by atoms with Gasteiger partial charge in [-0.2, -0.15) is 0 Å². The maximum Gasteiger partial charge on any atom is 0.409 e. The number of nitrogens with one attached hydrogen (secondary N) is 1. The zero-order valence-corrected chi connectivity index (χ0v) is 20.3. The van der Waals surface area contributed by atoms with E-state index in [1.54, 1.807) is 4.90 Å². The van der Waals surface area contributed by atoms with Crippen LogP contribution in [0.4, 0.5) is 4.79 Å². The van der Waals surface area contributed by atoms with Gasteiger partial charge < -0.3 is 25.6 Å². The van der Waals surface area contributed by atoms with Crippen LogP contribution in [0.3, 0.4) is 0 Å². The molecular formula is C22H36IN5O2. The molecule has 0 bridgehead atoms. The highest BCUT2D eigenvalue weighted by molar-refractivity contribution is 14.0. The summed E-state index contributed by atoms with van der Waals surface area (Å²) in [5.74, 6) is 1.11. The predicted molar refractivity (Wildman–Crippen MR) is 131 cm³/mol. The summed E-state index contributed by atoms with van der Waals surface area (Å²) in [5, 5.41) is 3.33. The van der Waals surface area contributed by atoms with Crippen molar-refractivity contribution < 1.29 is 9.53 Å². The van der Waals surface area contributed by atoms with Gasteiger partial charge in [0.15, 0.2) is 5.96 Å². The Balaban J connectivity index is 0.00000320. The van der Waals surface area contributed by atoms with E-state index < -0.39 is 0 Å². The number of rotatable bonds is 7. The molecule has 3 rings (SSSR count). The summed E-state index contributed by atoms with van der Waals surface area (Å²) in [6.07, 6.45) is 3.80. The van der Waals surface area contributed by atoms with E-state index in [1.165, 1.54) is 12.0 Å². The molecule has 3 N–H and O–H groups in total. The molecule has 2 aliphatic heterocycles. The first-order valence-corrected chi connectivity index (χ1v) is 10.9. The highest BCUT2D eigenvalue weighted by Crippen LogP contribution is 2.17. The molecular weight excluding hydrogens is 493 g/mol. The Kier molecular flexibility index (Phi) is 10.7. The maximum absolute atomic E-state index is 11.8. The molecule has 0 spiro atoms. The van der Waals surface area contributed by atoms with Crippen molar-refractivity contribution in [2.75, 3.05) is 45.9 Å². The standard InChI is InChI=1S/C22H35N5O2.HI/c1-2-29-22(28)27-14-10-20(11-15-27)25-21(23)24-16-19-9-13-26(17-19)12-8-18-6-4-3-5-7-18;/h3-7,19-20H,2,8-17H2,1H3,(H3,23,24,25);1H. The smallest absolute Gasteiger partial charge is 0.409 e. The Morgan fingerprint density at radius 3 is 2.63 bits per heavy atom. The first kappa shape index (κ1) is 24.7. The van der Waals surface area contributed by atoms with Crippen LogP contribution >= 0.6 is 24.0 Å². The molecule has 1 amide bonds. The number of likely N-dealkylation sites (tertiary alicyclic amines) is 2. The minimum atomic E-state index is -0.217. The number of halogens is 1. The van der Waals surface area contributed by atoms with Gasteiger partial charge in [-0.05, 0) is 50.6 Å². The highest BCUT2D eigenvalue weighted by atomic mass is 127. The van der Waals surface area contributed by atoms with Crippen molar-refractivity contribution in [3.8, 4) is 0 Å². The molecule has 1 atom stereocenters. The zero-order valence-electron chi connectivity index (χ0n) is 18.0. The van der Waals surface area contributed by atoms with Gasteiger partial charge >= 0.3 is 6.09 Å². The Morgan fingerprint density at radius 1 is 1.20 bits per heavy atom. The molecule has 0 saturated carbocycles. The van der Waals surface area contributed by atoms with Crippen molar-refractivity contribution in [3.63, 3.8) is 0 Å². The van der Waals surface area contributed by atoms with Crippen LogP contribution in [0.5, 0.6) is 0 Å². The monoisotopic (exact) mass is 529 g/mol. The van der Waals surface area contributed by atoms with Gasteiger partial charge in [-0.15, -0.1) is 24.0 Å². The van der Waals surface area contributed by atoms with Gasteiger partial charge in [-0.1, -0.05) is 30.3 Å². The summed E-state index contributed by atoms with van der Waals surface area (Å²) in [6, 6.07) is 10.9. The summed E-state index contributed by atoms with van der Waals surface area (Å²) in [6.45, 7) is 7.77.